The molecule has 17 heavy (non-hydrogen) atoms. The molecule has 0 heterocycles. The zero-order valence-electron chi connectivity index (χ0n) is 8.52. The maximum Gasteiger partial charge on any atom is 0.344 e. The molecule has 0 aliphatic carbocycles. The van der Waals surface area contributed by atoms with Crippen LogP contribution in [0, 0.1) is 15.9 Å². The number of halogens is 2. The molecule has 0 bridgehead atoms. The Morgan fingerprint density at radius 1 is 1.65 bits per heavy atom. The first kappa shape index (κ1) is 13.4. The van der Waals surface area contributed by atoms with Gasteiger partial charge in [0.25, 0.3) is 0 Å². The van der Waals surface area contributed by atoms with Gasteiger partial charge in [0.1, 0.15) is 5.82 Å². The third-order valence-electron chi connectivity index (χ3n) is 1.83. The van der Waals surface area contributed by atoms with Gasteiger partial charge in [-0.3, -0.25) is 10.1 Å². The van der Waals surface area contributed by atoms with Gasteiger partial charge in [-0.2, -0.15) is 0 Å². The number of hydrogen-bond acceptors (Lipinski definition) is 4. The molecule has 0 fully saturated rings. The molecule has 0 aliphatic heterocycles. The lowest BCUT2D eigenvalue weighted by Crippen LogP contribution is -2.23. The van der Waals surface area contributed by atoms with Crippen LogP contribution in [0.25, 0.3) is 0 Å². The van der Waals surface area contributed by atoms with Crippen molar-refractivity contribution >= 4 is 27.6 Å². The van der Waals surface area contributed by atoms with Gasteiger partial charge in [-0.25, -0.2) is 9.18 Å². The molecule has 1 aromatic carbocycles. The van der Waals surface area contributed by atoms with E-state index in [1.165, 1.54) is 6.92 Å². The topological polar surface area (TPSA) is 89.7 Å². The van der Waals surface area contributed by atoms with Gasteiger partial charge in [-0.15, -0.1) is 0 Å². The summed E-state index contributed by atoms with van der Waals surface area (Å²) < 4.78 is 17.8. The molecule has 0 radical (unpaired) electrons. The molecule has 0 aromatic heterocycles. The molecule has 0 unspecified atom stereocenters. The van der Waals surface area contributed by atoms with E-state index in [9.17, 15) is 19.3 Å². The maximum absolute atomic E-state index is 13.0. The van der Waals surface area contributed by atoms with Gasteiger partial charge >= 0.3 is 11.7 Å². The highest BCUT2D eigenvalue weighted by molar-refractivity contribution is 9.10. The molecule has 1 N–H and O–H groups in total. The number of carboxylic acids is 1. The van der Waals surface area contributed by atoms with E-state index in [2.05, 4.69) is 15.9 Å². The largest absolute Gasteiger partial charge is 0.479 e. The summed E-state index contributed by atoms with van der Waals surface area (Å²) in [4.78, 5) is 20.4. The zero-order valence-corrected chi connectivity index (χ0v) is 10.1. The van der Waals surface area contributed by atoms with E-state index in [4.69, 9.17) is 9.84 Å². The third-order valence-corrected chi connectivity index (χ3v) is 2.42. The molecular formula is C9H7BrFNO5. The summed E-state index contributed by atoms with van der Waals surface area (Å²) in [5.41, 5.74) is -0.634. The van der Waals surface area contributed by atoms with Crippen LogP contribution >= 0.6 is 15.9 Å². The van der Waals surface area contributed by atoms with Gasteiger partial charge in [0, 0.05) is 0 Å². The van der Waals surface area contributed by atoms with Gasteiger partial charge < -0.3 is 9.84 Å². The Kier molecular flexibility index (Phi) is 4.00. The van der Waals surface area contributed by atoms with Crippen LogP contribution in [0.3, 0.4) is 0 Å². The molecular weight excluding hydrogens is 301 g/mol. The predicted octanol–water partition coefficient (Wildman–Crippen LogP) is 2.35. The van der Waals surface area contributed by atoms with E-state index >= 15 is 0 Å². The highest BCUT2D eigenvalue weighted by atomic mass is 79.9. The van der Waals surface area contributed by atoms with Crippen molar-refractivity contribution in [2.45, 2.75) is 13.0 Å². The van der Waals surface area contributed by atoms with Crippen LogP contribution in [0.15, 0.2) is 16.6 Å². The quantitative estimate of drug-likeness (QED) is 0.681. The fraction of sp³-hybridized carbons (Fsp3) is 0.222. The summed E-state index contributed by atoms with van der Waals surface area (Å²) in [7, 11) is 0. The van der Waals surface area contributed by atoms with Gasteiger partial charge in [0.15, 0.2) is 6.10 Å². The standard InChI is InChI=1S/C9H7BrFNO5/c1-4(9(13)14)17-8-6(10)2-5(11)3-7(8)12(15)16/h2-4H,1H3,(H,13,14)/t4-/m1/s1. The fourth-order valence-corrected chi connectivity index (χ4v) is 1.54. The van der Waals surface area contributed by atoms with Gasteiger partial charge in [-0.1, -0.05) is 0 Å². The van der Waals surface area contributed by atoms with Crippen LogP contribution in [0.4, 0.5) is 10.1 Å². The second kappa shape index (κ2) is 5.09. The van der Waals surface area contributed by atoms with Crippen molar-refractivity contribution in [2.24, 2.45) is 0 Å². The Morgan fingerprint density at radius 2 is 2.24 bits per heavy atom. The normalized spacial score (nSPS) is 11.9. The van der Waals surface area contributed by atoms with E-state index in [-0.39, 0.29) is 10.2 Å². The smallest absolute Gasteiger partial charge is 0.344 e. The number of aliphatic carboxylic acids is 1. The minimum absolute atomic E-state index is 0.0164. The molecule has 0 amide bonds. The van der Waals surface area contributed by atoms with E-state index in [0.29, 0.717) is 6.07 Å². The summed E-state index contributed by atoms with van der Waals surface area (Å²) in [6.07, 6.45) is -1.28. The molecule has 6 nitrogen and oxygen atoms in total. The van der Waals surface area contributed by atoms with Crippen molar-refractivity contribution in [2.75, 3.05) is 0 Å². The Labute approximate surface area is 103 Å². The minimum Gasteiger partial charge on any atom is -0.479 e. The van der Waals surface area contributed by atoms with Gasteiger partial charge in [0.05, 0.1) is 15.5 Å². The zero-order chi connectivity index (χ0) is 13.2. The number of hydrogen-bond donors (Lipinski definition) is 1. The van der Waals surface area contributed by atoms with E-state index in [0.717, 1.165) is 6.07 Å². The SMILES string of the molecule is C[C@@H](Oc1c(Br)cc(F)cc1[N+](=O)[O-])C(=O)O. The van der Waals surface area contributed by atoms with Crippen LogP contribution in [-0.2, 0) is 4.79 Å². The van der Waals surface area contributed by atoms with Crippen LogP contribution in [0.2, 0.25) is 0 Å². The predicted molar refractivity (Wildman–Crippen MR) is 58.5 cm³/mol. The summed E-state index contributed by atoms with van der Waals surface area (Å²) in [5, 5.41) is 19.3. The lowest BCUT2D eigenvalue weighted by molar-refractivity contribution is -0.386. The Bertz CT molecular complexity index is 479. The average molecular weight is 308 g/mol. The number of ether oxygens (including phenoxy) is 1. The van der Waals surface area contributed by atoms with E-state index < -0.39 is 28.5 Å². The van der Waals surface area contributed by atoms with Crippen LogP contribution < -0.4 is 4.74 Å². The first-order valence-corrected chi connectivity index (χ1v) is 5.15. The number of rotatable bonds is 4. The Balaban J connectivity index is 3.21. The van der Waals surface area contributed by atoms with Crippen LogP contribution in [0.1, 0.15) is 6.92 Å². The third kappa shape index (κ3) is 3.13. The van der Waals surface area contributed by atoms with E-state index in [1.54, 1.807) is 0 Å². The van der Waals surface area contributed by atoms with Gasteiger partial charge in [0.2, 0.25) is 5.75 Å². The van der Waals surface area contributed by atoms with Crippen molar-refractivity contribution in [3.63, 3.8) is 0 Å². The second-order valence-corrected chi connectivity index (χ2v) is 3.95. The lowest BCUT2D eigenvalue weighted by atomic mass is 10.3. The van der Waals surface area contributed by atoms with Crippen molar-refractivity contribution < 1.29 is 24.0 Å². The first-order valence-electron chi connectivity index (χ1n) is 4.36. The molecule has 1 atom stereocenters. The number of nitrogens with zero attached hydrogens (tertiary/aromatic N) is 1. The van der Waals surface area contributed by atoms with Crippen molar-refractivity contribution in [1.82, 2.24) is 0 Å². The van der Waals surface area contributed by atoms with Crippen molar-refractivity contribution in [1.29, 1.82) is 0 Å². The molecule has 92 valence electrons. The highest BCUT2D eigenvalue weighted by Gasteiger charge is 2.24. The number of carbonyl (C=O) groups is 1. The number of nitro groups is 1. The van der Waals surface area contributed by atoms with Gasteiger partial charge in [-0.05, 0) is 28.9 Å². The number of nitro benzene ring substituents is 1. The summed E-state index contributed by atoms with van der Waals surface area (Å²) in [6.45, 7) is 1.21. The fourth-order valence-electron chi connectivity index (χ4n) is 1.03. The first-order chi connectivity index (χ1) is 7.82. The molecule has 0 aliphatic rings. The van der Waals surface area contributed by atoms with Crippen LogP contribution in [-0.4, -0.2) is 22.1 Å². The Hall–Kier alpha value is -1.70. The maximum atomic E-state index is 13.0. The summed E-state index contributed by atoms with van der Waals surface area (Å²) in [6, 6.07) is 1.62. The highest BCUT2D eigenvalue weighted by Crippen LogP contribution is 2.36. The molecule has 8 heteroatoms. The minimum atomic E-state index is -1.28. The van der Waals surface area contributed by atoms with Crippen molar-refractivity contribution in [3.05, 3.63) is 32.5 Å². The molecule has 0 spiro atoms. The summed E-state index contributed by atoms with van der Waals surface area (Å²) >= 11 is 2.88. The number of carboxylic acid groups (broad SMARTS) is 1. The second-order valence-electron chi connectivity index (χ2n) is 3.09. The molecule has 1 rings (SSSR count). The van der Waals surface area contributed by atoms with Crippen LogP contribution in [0.5, 0.6) is 5.75 Å². The van der Waals surface area contributed by atoms with Crippen molar-refractivity contribution in [3.8, 4) is 5.75 Å². The summed E-state index contributed by atoms with van der Waals surface area (Å²) in [5.74, 6) is -2.42. The lowest BCUT2D eigenvalue weighted by Gasteiger charge is -2.11. The van der Waals surface area contributed by atoms with E-state index in [1.807, 2.05) is 0 Å². The molecule has 1 aromatic rings. The molecule has 0 saturated heterocycles. The molecule has 0 saturated carbocycles. The monoisotopic (exact) mass is 307 g/mol. The number of benzene rings is 1. The Morgan fingerprint density at radius 3 is 2.71 bits per heavy atom. The average Bonchev–Trinajstić information content (AvgIpc) is 2.20.